The number of amides is 1. The van der Waals surface area contributed by atoms with Crippen LogP contribution < -0.4 is 0 Å². The number of benzene rings is 2. The zero-order chi connectivity index (χ0) is 20.4. The first-order valence-electron chi connectivity index (χ1n) is 8.77. The molecule has 6 nitrogen and oxygen atoms in total. The highest BCUT2D eigenvalue weighted by Gasteiger charge is 2.45. The molecule has 7 heteroatoms. The SMILES string of the molecule is CN(C)CCN1C(=O)C(=O)/C(=C(\O)c2ccc(Br)cc2)C1c1cccc(O)c1. The van der Waals surface area contributed by atoms with Crippen molar-refractivity contribution in [2.75, 3.05) is 27.2 Å². The Morgan fingerprint density at radius 3 is 2.43 bits per heavy atom. The number of halogens is 1. The third-order valence-electron chi connectivity index (χ3n) is 4.63. The van der Waals surface area contributed by atoms with Gasteiger partial charge in [-0.2, -0.15) is 0 Å². The molecule has 0 radical (unpaired) electrons. The van der Waals surface area contributed by atoms with Crippen LogP contribution in [0.4, 0.5) is 0 Å². The molecule has 1 amide bonds. The first kappa shape index (κ1) is 20.1. The fourth-order valence-corrected chi connectivity index (χ4v) is 3.49. The number of carbonyl (C=O) groups excluding carboxylic acids is 2. The molecule has 0 aliphatic carbocycles. The molecular formula is C21H21BrN2O4. The Bertz CT molecular complexity index is 938. The topological polar surface area (TPSA) is 81.1 Å². The summed E-state index contributed by atoms with van der Waals surface area (Å²) in [4.78, 5) is 28.9. The molecule has 1 heterocycles. The molecular weight excluding hydrogens is 424 g/mol. The minimum Gasteiger partial charge on any atom is -0.508 e. The van der Waals surface area contributed by atoms with Crippen LogP contribution in [0.1, 0.15) is 17.2 Å². The molecule has 2 aromatic rings. The molecule has 2 N–H and O–H groups in total. The van der Waals surface area contributed by atoms with Crippen molar-refractivity contribution in [3.63, 3.8) is 0 Å². The Labute approximate surface area is 171 Å². The second-order valence-electron chi connectivity index (χ2n) is 6.90. The Balaban J connectivity index is 2.14. The summed E-state index contributed by atoms with van der Waals surface area (Å²) in [5.74, 6) is -1.59. The summed E-state index contributed by atoms with van der Waals surface area (Å²) in [5, 5.41) is 20.8. The molecule has 1 saturated heterocycles. The number of aliphatic hydroxyl groups is 1. The molecule has 0 saturated carbocycles. The molecule has 3 rings (SSSR count). The van der Waals surface area contributed by atoms with Gasteiger partial charge in [0.2, 0.25) is 0 Å². The number of ketones is 1. The van der Waals surface area contributed by atoms with E-state index < -0.39 is 17.7 Å². The molecule has 0 bridgehead atoms. The zero-order valence-electron chi connectivity index (χ0n) is 15.6. The number of nitrogens with zero attached hydrogens (tertiary/aromatic N) is 2. The van der Waals surface area contributed by atoms with Crippen molar-refractivity contribution in [1.29, 1.82) is 0 Å². The van der Waals surface area contributed by atoms with Crippen LogP contribution in [-0.2, 0) is 9.59 Å². The van der Waals surface area contributed by atoms with Gasteiger partial charge < -0.3 is 20.0 Å². The number of likely N-dealkylation sites (N-methyl/N-ethyl adjacent to an activating group) is 1. The van der Waals surface area contributed by atoms with E-state index in [2.05, 4.69) is 15.9 Å². The maximum absolute atomic E-state index is 12.8. The van der Waals surface area contributed by atoms with E-state index in [1.807, 2.05) is 19.0 Å². The lowest BCUT2D eigenvalue weighted by Crippen LogP contribution is -2.35. The average Bonchev–Trinajstić information content (AvgIpc) is 2.91. The summed E-state index contributed by atoms with van der Waals surface area (Å²) in [5.41, 5.74) is 1.03. The number of aliphatic hydroxyl groups excluding tert-OH is 1. The van der Waals surface area contributed by atoms with Gasteiger partial charge in [0, 0.05) is 23.1 Å². The number of hydrogen-bond acceptors (Lipinski definition) is 5. The van der Waals surface area contributed by atoms with Crippen LogP contribution in [-0.4, -0.2) is 58.9 Å². The predicted molar refractivity (Wildman–Crippen MR) is 110 cm³/mol. The highest BCUT2D eigenvalue weighted by atomic mass is 79.9. The molecule has 1 unspecified atom stereocenters. The summed E-state index contributed by atoms with van der Waals surface area (Å²) in [6, 6.07) is 12.5. The lowest BCUT2D eigenvalue weighted by Gasteiger charge is -2.26. The first-order valence-corrected chi connectivity index (χ1v) is 9.57. The third kappa shape index (κ3) is 3.95. The van der Waals surface area contributed by atoms with Crippen LogP contribution >= 0.6 is 15.9 Å². The number of aromatic hydroxyl groups is 1. The van der Waals surface area contributed by atoms with Gasteiger partial charge in [-0.25, -0.2) is 0 Å². The van der Waals surface area contributed by atoms with Crippen LogP contribution in [0.25, 0.3) is 5.76 Å². The molecule has 146 valence electrons. The van der Waals surface area contributed by atoms with E-state index in [0.29, 0.717) is 24.2 Å². The van der Waals surface area contributed by atoms with Gasteiger partial charge in [0.15, 0.2) is 0 Å². The van der Waals surface area contributed by atoms with Crippen molar-refractivity contribution in [2.24, 2.45) is 0 Å². The Morgan fingerprint density at radius 2 is 1.82 bits per heavy atom. The van der Waals surface area contributed by atoms with Crippen LogP contribution in [0.5, 0.6) is 5.75 Å². The quantitative estimate of drug-likeness (QED) is 0.420. The average molecular weight is 445 g/mol. The van der Waals surface area contributed by atoms with Crippen LogP contribution in [0.3, 0.4) is 0 Å². The number of rotatable bonds is 5. The van der Waals surface area contributed by atoms with Gasteiger partial charge in [-0.05, 0) is 43.9 Å². The summed E-state index contributed by atoms with van der Waals surface area (Å²) in [6.45, 7) is 0.871. The van der Waals surface area contributed by atoms with Crippen LogP contribution in [0.2, 0.25) is 0 Å². The maximum Gasteiger partial charge on any atom is 0.295 e. The summed E-state index contributed by atoms with van der Waals surface area (Å²) >= 11 is 3.34. The van der Waals surface area contributed by atoms with Crippen molar-refractivity contribution in [3.8, 4) is 5.75 Å². The molecule has 2 aromatic carbocycles. The standard InChI is InChI=1S/C21H21BrN2O4/c1-23(2)10-11-24-18(14-4-3-5-16(25)12-14)17(20(27)21(24)28)19(26)13-6-8-15(22)9-7-13/h3-9,12,18,25-26H,10-11H2,1-2H3/b19-17-. The number of carbonyl (C=O) groups is 2. The largest absolute Gasteiger partial charge is 0.508 e. The molecule has 0 aromatic heterocycles. The number of phenols is 1. The molecule has 0 spiro atoms. The second-order valence-corrected chi connectivity index (χ2v) is 7.81. The zero-order valence-corrected chi connectivity index (χ0v) is 17.2. The van der Waals surface area contributed by atoms with Gasteiger partial charge in [0.1, 0.15) is 11.5 Å². The monoisotopic (exact) mass is 444 g/mol. The Hall–Kier alpha value is -2.64. The van der Waals surface area contributed by atoms with E-state index in [-0.39, 0.29) is 17.1 Å². The van der Waals surface area contributed by atoms with E-state index in [1.165, 1.54) is 17.0 Å². The summed E-state index contributed by atoms with van der Waals surface area (Å²) < 4.78 is 0.833. The third-order valence-corrected chi connectivity index (χ3v) is 5.16. The van der Waals surface area contributed by atoms with Crippen molar-refractivity contribution >= 4 is 33.4 Å². The van der Waals surface area contributed by atoms with Crippen molar-refractivity contribution in [1.82, 2.24) is 9.80 Å². The van der Waals surface area contributed by atoms with E-state index >= 15 is 0 Å². The van der Waals surface area contributed by atoms with Gasteiger partial charge in [-0.3, -0.25) is 9.59 Å². The Kier molecular flexibility index (Phi) is 5.86. The van der Waals surface area contributed by atoms with E-state index in [4.69, 9.17) is 0 Å². The van der Waals surface area contributed by atoms with E-state index in [0.717, 1.165) is 4.47 Å². The fraction of sp³-hybridized carbons (Fsp3) is 0.238. The van der Waals surface area contributed by atoms with Crippen molar-refractivity contribution in [2.45, 2.75) is 6.04 Å². The lowest BCUT2D eigenvalue weighted by atomic mass is 9.95. The molecule has 1 fully saturated rings. The molecule has 1 atom stereocenters. The number of hydrogen-bond donors (Lipinski definition) is 2. The van der Waals surface area contributed by atoms with Gasteiger partial charge in [0.25, 0.3) is 11.7 Å². The predicted octanol–water partition coefficient (Wildman–Crippen LogP) is 3.14. The smallest absolute Gasteiger partial charge is 0.295 e. The van der Waals surface area contributed by atoms with Gasteiger partial charge >= 0.3 is 0 Å². The number of phenolic OH excluding ortho intramolecular Hbond substituents is 1. The van der Waals surface area contributed by atoms with Crippen molar-refractivity contribution < 1.29 is 19.8 Å². The fourth-order valence-electron chi connectivity index (χ4n) is 3.22. The van der Waals surface area contributed by atoms with Gasteiger partial charge in [-0.1, -0.05) is 40.2 Å². The van der Waals surface area contributed by atoms with Gasteiger partial charge in [0.05, 0.1) is 11.6 Å². The number of Topliss-reactive ketones (excluding diaryl/α,β-unsaturated/α-hetero) is 1. The normalized spacial score (nSPS) is 18.9. The highest BCUT2D eigenvalue weighted by Crippen LogP contribution is 2.40. The molecule has 1 aliphatic rings. The second kappa shape index (κ2) is 8.16. The van der Waals surface area contributed by atoms with Gasteiger partial charge in [-0.15, -0.1) is 0 Å². The minimum absolute atomic E-state index is 0.0247. The van der Waals surface area contributed by atoms with E-state index in [1.54, 1.807) is 36.4 Å². The lowest BCUT2D eigenvalue weighted by molar-refractivity contribution is -0.140. The van der Waals surface area contributed by atoms with E-state index in [9.17, 15) is 19.8 Å². The maximum atomic E-state index is 12.8. The van der Waals surface area contributed by atoms with Crippen LogP contribution in [0.15, 0.2) is 58.6 Å². The summed E-state index contributed by atoms with van der Waals surface area (Å²) in [6.07, 6.45) is 0. The summed E-state index contributed by atoms with van der Waals surface area (Å²) in [7, 11) is 3.75. The number of likely N-dealkylation sites (tertiary alicyclic amines) is 1. The molecule has 28 heavy (non-hydrogen) atoms. The molecule has 1 aliphatic heterocycles. The Morgan fingerprint density at radius 1 is 1.14 bits per heavy atom. The first-order chi connectivity index (χ1) is 13.3. The highest BCUT2D eigenvalue weighted by molar-refractivity contribution is 9.10. The van der Waals surface area contributed by atoms with Crippen molar-refractivity contribution in [3.05, 3.63) is 69.7 Å². The minimum atomic E-state index is -0.768. The van der Waals surface area contributed by atoms with Crippen LogP contribution in [0, 0.1) is 0 Å².